The Bertz CT molecular complexity index is 289. The number of nitrogens with two attached hydrogens (primary N) is 2. The Hall–Kier alpha value is -1.75. The van der Waals surface area contributed by atoms with Gasteiger partial charge in [0.25, 0.3) is 0 Å². The highest BCUT2D eigenvalue weighted by Gasteiger charge is 2.03. The van der Waals surface area contributed by atoms with Crippen LogP contribution >= 0.6 is 11.8 Å². The summed E-state index contributed by atoms with van der Waals surface area (Å²) >= 11 is 0.878. The van der Waals surface area contributed by atoms with Crippen molar-refractivity contribution in [1.29, 1.82) is 10.7 Å². The second kappa shape index (κ2) is 6.73. The van der Waals surface area contributed by atoms with Gasteiger partial charge in [0.2, 0.25) is 5.91 Å². The molecule has 0 aromatic heterocycles. The molecule has 0 aliphatic rings. The zero-order valence-corrected chi connectivity index (χ0v) is 8.10. The van der Waals surface area contributed by atoms with Crippen LogP contribution in [0.3, 0.4) is 0 Å². The Kier molecular flexibility index (Phi) is 5.89. The molecule has 0 saturated heterocycles. The molecule has 1 amide bonds. The molecular weight excluding hydrogens is 204 g/mol. The summed E-state index contributed by atoms with van der Waals surface area (Å²) in [6, 6.07) is 1.76. The third kappa shape index (κ3) is 6.93. The maximum absolute atomic E-state index is 10.9. The van der Waals surface area contributed by atoms with Crippen molar-refractivity contribution in [2.75, 3.05) is 12.3 Å². The monoisotopic (exact) mass is 214 g/mol. The molecule has 0 spiro atoms. The summed E-state index contributed by atoms with van der Waals surface area (Å²) in [4.78, 5) is 14.3. The largest absolute Gasteiger partial charge is 0.370 e. The van der Waals surface area contributed by atoms with E-state index < -0.39 is 0 Å². The number of nitrogens with zero attached hydrogens (tertiary/aromatic N) is 2. The smallest absolute Gasteiger partial charge is 0.231 e. The Morgan fingerprint density at radius 3 is 2.79 bits per heavy atom. The van der Waals surface area contributed by atoms with Gasteiger partial charge in [0.05, 0.1) is 11.8 Å². The fourth-order valence-electron chi connectivity index (χ4n) is 0.473. The Labute approximate surface area is 85.1 Å². The van der Waals surface area contributed by atoms with Crippen molar-refractivity contribution < 1.29 is 4.79 Å². The third-order valence-electron chi connectivity index (χ3n) is 0.935. The van der Waals surface area contributed by atoms with E-state index in [0.29, 0.717) is 0 Å². The molecule has 7 nitrogen and oxygen atoms in total. The summed E-state index contributed by atoms with van der Waals surface area (Å²) in [6.45, 7) is -0.0466. The standard InChI is InChI=1S/C6H10N6OS/c7-1-2-11-4(13)3-14-6(10)12-5(8)9/h2-3H2,(H,11,13)(H5,8,9,10,12). The van der Waals surface area contributed by atoms with Gasteiger partial charge in [-0.1, -0.05) is 11.8 Å². The van der Waals surface area contributed by atoms with Crippen molar-refractivity contribution in [3.63, 3.8) is 0 Å². The SMILES string of the molecule is N#CCNC(=O)CSC(=N)N=C(N)N. The van der Waals surface area contributed by atoms with E-state index in [4.69, 9.17) is 22.1 Å². The number of amidine groups is 1. The van der Waals surface area contributed by atoms with Crippen molar-refractivity contribution in [2.24, 2.45) is 16.5 Å². The molecule has 0 aromatic carbocycles. The average molecular weight is 214 g/mol. The Morgan fingerprint density at radius 1 is 1.64 bits per heavy atom. The number of hydrogen-bond donors (Lipinski definition) is 4. The number of amides is 1. The van der Waals surface area contributed by atoms with E-state index in [1.807, 2.05) is 0 Å². The van der Waals surface area contributed by atoms with E-state index >= 15 is 0 Å². The van der Waals surface area contributed by atoms with Gasteiger partial charge in [0.15, 0.2) is 11.1 Å². The van der Waals surface area contributed by atoms with Gasteiger partial charge in [0, 0.05) is 0 Å². The number of guanidine groups is 1. The number of carbonyl (C=O) groups excluding carboxylic acids is 1. The summed E-state index contributed by atoms with van der Waals surface area (Å²) in [6.07, 6.45) is 0. The van der Waals surface area contributed by atoms with Gasteiger partial charge in [-0.25, -0.2) is 0 Å². The molecule has 0 atom stereocenters. The summed E-state index contributed by atoms with van der Waals surface area (Å²) in [7, 11) is 0. The fraction of sp³-hybridized carbons (Fsp3) is 0.333. The molecule has 14 heavy (non-hydrogen) atoms. The van der Waals surface area contributed by atoms with E-state index in [-0.39, 0.29) is 29.3 Å². The van der Waals surface area contributed by atoms with Crippen molar-refractivity contribution in [1.82, 2.24) is 5.32 Å². The number of thioether (sulfide) groups is 1. The highest BCUT2D eigenvalue weighted by Crippen LogP contribution is 2.01. The van der Waals surface area contributed by atoms with Gasteiger partial charge < -0.3 is 16.8 Å². The summed E-state index contributed by atoms with van der Waals surface area (Å²) < 4.78 is 0. The molecule has 0 radical (unpaired) electrons. The van der Waals surface area contributed by atoms with Crippen LogP contribution in [-0.4, -0.2) is 29.3 Å². The molecule has 0 heterocycles. The molecule has 0 aromatic rings. The lowest BCUT2D eigenvalue weighted by Gasteiger charge is -1.99. The summed E-state index contributed by atoms with van der Waals surface area (Å²) in [5.74, 6) is -0.552. The quantitative estimate of drug-likeness (QED) is 0.259. The van der Waals surface area contributed by atoms with Crippen LogP contribution in [0, 0.1) is 16.7 Å². The summed E-state index contributed by atoms with van der Waals surface area (Å²) in [5.41, 5.74) is 10.0. The molecule has 0 aliphatic heterocycles. The van der Waals surface area contributed by atoms with Crippen LogP contribution in [0.15, 0.2) is 4.99 Å². The first-order valence-corrected chi connectivity index (χ1v) is 4.49. The van der Waals surface area contributed by atoms with Gasteiger partial charge in [-0.15, -0.1) is 0 Å². The maximum atomic E-state index is 10.9. The molecule has 0 saturated carbocycles. The van der Waals surface area contributed by atoms with E-state index in [2.05, 4.69) is 10.3 Å². The van der Waals surface area contributed by atoms with Crippen LogP contribution < -0.4 is 16.8 Å². The molecule has 0 aliphatic carbocycles. The molecule has 0 unspecified atom stereocenters. The Morgan fingerprint density at radius 2 is 2.29 bits per heavy atom. The highest BCUT2D eigenvalue weighted by molar-refractivity contribution is 8.14. The molecule has 8 heteroatoms. The lowest BCUT2D eigenvalue weighted by molar-refractivity contribution is -0.118. The highest BCUT2D eigenvalue weighted by atomic mass is 32.2. The van der Waals surface area contributed by atoms with Crippen molar-refractivity contribution >= 4 is 28.8 Å². The minimum atomic E-state index is -0.341. The number of carbonyl (C=O) groups is 1. The minimum Gasteiger partial charge on any atom is -0.370 e. The zero-order chi connectivity index (χ0) is 11.0. The fourth-order valence-corrected chi connectivity index (χ4v) is 1.01. The van der Waals surface area contributed by atoms with Crippen LogP contribution in [0.2, 0.25) is 0 Å². The molecule has 0 bridgehead atoms. The first-order valence-electron chi connectivity index (χ1n) is 3.51. The second-order valence-corrected chi connectivity index (χ2v) is 3.03. The zero-order valence-electron chi connectivity index (χ0n) is 7.28. The number of nitriles is 1. The van der Waals surface area contributed by atoms with Gasteiger partial charge in [-0.3, -0.25) is 10.2 Å². The Balaban J connectivity index is 3.73. The molecule has 0 rings (SSSR count). The molecular formula is C6H10N6OS. The van der Waals surface area contributed by atoms with Crippen LogP contribution in [-0.2, 0) is 4.79 Å². The van der Waals surface area contributed by atoms with Gasteiger partial charge in [0.1, 0.15) is 6.54 Å². The third-order valence-corrected chi connectivity index (χ3v) is 1.71. The predicted octanol–water partition coefficient (Wildman–Crippen LogP) is -1.43. The number of aliphatic imine (C=N–C) groups is 1. The normalized spacial score (nSPS) is 8.50. The van der Waals surface area contributed by atoms with Crippen LogP contribution in [0.1, 0.15) is 0 Å². The number of hydrogen-bond acceptors (Lipinski definition) is 4. The minimum absolute atomic E-state index is 0.0112. The first kappa shape index (κ1) is 12.2. The van der Waals surface area contributed by atoms with E-state index in [1.165, 1.54) is 0 Å². The van der Waals surface area contributed by atoms with E-state index in [0.717, 1.165) is 11.8 Å². The maximum Gasteiger partial charge on any atom is 0.231 e. The first-order chi connectivity index (χ1) is 6.56. The molecule has 0 fully saturated rings. The van der Waals surface area contributed by atoms with Crippen molar-refractivity contribution in [3.8, 4) is 6.07 Å². The van der Waals surface area contributed by atoms with Crippen LogP contribution in [0.4, 0.5) is 0 Å². The topological polar surface area (TPSA) is 141 Å². The average Bonchev–Trinajstić information content (AvgIpc) is 2.10. The lowest BCUT2D eigenvalue weighted by atomic mass is 10.6. The van der Waals surface area contributed by atoms with Crippen LogP contribution in [0.25, 0.3) is 0 Å². The second-order valence-electron chi connectivity index (χ2n) is 2.07. The lowest BCUT2D eigenvalue weighted by Crippen LogP contribution is -2.26. The van der Waals surface area contributed by atoms with E-state index in [1.54, 1.807) is 6.07 Å². The predicted molar refractivity (Wildman–Crippen MR) is 54.6 cm³/mol. The number of rotatable bonds is 3. The van der Waals surface area contributed by atoms with Gasteiger partial charge >= 0.3 is 0 Å². The van der Waals surface area contributed by atoms with Crippen LogP contribution in [0.5, 0.6) is 0 Å². The molecule has 6 N–H and O–H groups in total. The van der Waals surface area contributed by atoms with Crippen molar-refractivity contribution in [3.05, 3.63) is 0 Å². The van der Waals surface area contributed by atoms with Gasteiger partial charge in [-0.2, -0.15) is 10.3 Å². The van der Waals surface area contributed by atoms with Gasteiger partial charge in [-0.05, 0) is 0 Å². The van der Waals surface area contributed by atoms with E-state index in [9.17, 15) is 4.79 Å². The summed E-state index contributed by atoms with van der Waals surface area (Å²) in [5, 5.41) is 17.5. The van der Waals surface area contributed by atoms with Crippen molar-refractivity contribution in [2.45, 2.75) is 0 Å². The number of nitrogens with one attached hydrogen (secondary N) is 2. The molecule has 76 valence electrons.